The number of unbranched alkanes of at least 4 members (excludes halogenated alkanes) is 1. The van der Waals surface area contributed by atoms with Gasteiger partial charge in [0.1, 0.15) is 0 Å². The number of likely N-dealkylation sites (tertiary alicyclic amines) is 1. The molecule has 1 aromatic rings. The highest BCUT2D eigenvalue weighted by molar-refractivity contribution is 5.76. The quantitative estimate of drug-likeness (QED) is 0.780. The highest BCUT2D eigenvalue weighted by atomic mass is 16.6. The van der Waals surface area contributed by atoms with E-state index in [9.17, 15) is 9.59 Å². The van der Waals surface area contributed by atoms with Gasteiger partial charge in [0.05, 0.1) is 6.61 Å². The third-order valence-corrected chi connectivity index (χ3v) is 4.33. The van der Waals surface area contributed by atoms with Crippen LogP contribution in [0.1, 0.15) is 44.6 Å². The van der Waals surface area contributed by atoms with Crippen LogP contribution in [-0.2, 0) is 16.0 Å². The van der Waals surface area contributed by atoms with Crippen molar-refractivity contribution in [3.05, 3.63) is 35.9 Å². The average molecular weight is 332 g/mol. The topological polar surface area (TPSA) is 58.6 Å². The Morgan fingerprint density at radius 2 is 1.92 bits per heavy atom. The second-order valence-electron chi connectivity index (χ2n) is 6.28. The number of nitrogens with one attached hydrogen (secondary N) is 1. The average Bonchev–Trinajstić information content (AvgIpc) is 2.61. The van der Waals surface area contributed by atoms with E-state index in [1.54, 1.807) is 4.90 Å². The minimum Gasteiger partial charge on any atom is -0.449 e. The maximum atomic E-state index is 12.1. The largest absolute Gasteiger partial charge is 0.449 e. The summed E-state index contributed by atoms with van der Waals surface area (Å²) in [6, 6.07) is 10.2. The molecule has 1 N–H and O–H groups in total. The number of amides is 2. The number of nitrogens with zero attached hydrogens (tertiary/aromatic N) is 1. The van der Waals surface area contributed by atoms with Gasteiger partial charge in [0, 0.05) is 25.6 Å². The predicted octanol–water partition coefficient (Wildman–Crippen LogP) is 3.14. The Morgan fingerprint density at radius 1 is 1.21 bits per heavy atom. The van der Waals surface area contributed by atoms with Gasteiger partial charge in [0.15, 0.2) is 0 Å². The maximum Gasteiger partial charge on any atom is 0.409 e. The lowest BCUT2D eigenvalue weighted by molar-refractivity contribution is -0.122. The molecule has 1 fully saturated rings. The van der Waals surface area contributed by atoms with Crippen molar-refractivity contribution in [3.63, 3.8) is 0 Å². The molecule has 2 rings (SSSR count). The Labute approximate surface area is 144 Å². The van der Waals surface area contributed by atoms with E-state index in [-0.39, 0.29) is 18.0 Å². The van der Waals surface area contributed by atoms with Crippen molar-refractivity contribution in [1.82, 2.24) is 10.2 Å². The van der Waals surface area contributed by atoms with E-state index < -0.39 is 0 Å². The zero-order chi connectivity index (χ0) is 17.2. The molecule has 0 bridgehead atoms. The molecule has 0 atom stereocenters. The van der Waals surface area contributed by atoms with Crippen LogP contribution in [0.25, 0.3) is 0 Å². The van der Waals surface area contributed by atoms with E-state index in [0.717, 1.165) is 32.1 Å². The van der Waals surface area contributed by atoms with E-state index in [1.165, 1.54) is 5.56 Å². The Morgan fingerprint density at radius 3 is 2.58 bits per heavy atom. The van der Waals surface area contributed by atoms with Crippen LogP contribution in [0, 0.1) is 0 Å². The zero-order valence-electron chi connectivity index (χ0n) is 14.5. The van der Waals surface area contributed by atoms with E-state index in [2.05, 4.69) is 12.2 Å². The third kappa shape index (κ3) is 6.22. The minimum atomic E-state index is -0.225. The number of aryl methyl sites for hydroxylation is 1. The molecule has 5 heteroatoms. The summed E-state index contributed by atoms with van der Waals surface area (Å²) in [7, 11) is 0. The summed E-state index contributed by atoms with van der Waals surface area (Å²) < 4.78 is 5.23. The van der Waals surface area contributed by atoms with Crippen molar-refractivity contribution in [1.29, 1.82) is 0 Å². The summed E-state index contributed by atoms with van der Waals surface area (Å²) in [6.07, 6.45) is 4.54. The molecule has 24 heavy (non-hydrogen) atoms. The summed E-state index contributed by atoms with van der Waals surface area (Å²) in [4.78, 5) is 25.7. The second kappa shape index (κ2) is 9.96. The van der Waals surface area contributed by atoms with Crippen LogP contribution >= 0.6 is 0 Å². The molecule has 0 spiro atoms. The first-order valence-corrected chi connectivity index (χ1v) is 8.94. The van der Waals surface area contributed by atoms with Crippen LogP contribution in [-0.4, -0.2) is 42.6 Å². The van der Waals surface area contributed by atoms with Crippen molar-refractivity contribution in [2.24, 2.45) is 0 Å². The van der Waals surface area contributed by atoms with Gasteiger partial charge in [-0.15, -0.1) is 0 Å². The van der Waals surface area contributed by atoms with Crippen LogP contribution in [0.3, 0.4) is 0 Å². The van der Waals surface area contributed by atoms with Crippen molar-refractivity contribution in [3.8, 4) is 0 Å². The van der Waals surface area contributed by atoms with Gasteiger partial charge in [0.25, 0.3) is 0 Å². The summed E-state index contributed by atoms with van der Waals surface area (Å²) in [5, 5.41) is 3.08. The lowest BCUT2D eigenvalue weighted by Gasteiger charge is -2.31. The lowest BCUT2D eigenvalue weighted by atomic mass is 10.0. The van der Waals surface area contributed by atoms with Crippen molar-refractivity contribution in [2.45, 2.75) is 51.5 Å². The van der Waals surface area contributed by atoms with E-state index in [4.69, 9.17) is 4.74 Å². The van der Waals surface area contributed by atoms with Gasteiger partial charge < -0.3 is 15.0 Å². The molecule has 2 amide bonds. The maximum absolute atomic E-state index is 12.1. The Kier molecular flexibility index (Phi) is 7.59. The number of carbonyl (C=O) groups excluding carboxylic acids is 2. The molecule has 132 valence electrons. The van der Waals surface area contributed by atoms with E-state index >= 15 is 0 Å². The standard InChI is InChI=1S/C19H28N2O3/c1-2-3-15-24-19(23)21-13-11-17(12-14-21)20-18(22)10-9-16-7-5-4-6-8-16/h4-8,17H,2-3,9-15H2,1H3,(H,20,22). The molecular formula is C19H28N2O3. The number of piperidine rings is 1. The fraction of sp³-hybridized carbons (Fsp3) is 0.579. The monoisotopic (exact) mass is 332 g/mol. The first kappa shape index (κ1) is 18.3. The van der Waals surface area contributed by atoms with Crippen molar-refractivity contribution >= 4 is 12.0 Å². The molecule has 1 aromatic carbocycles. The Balaban J connectivity index is 1.63. The Hall–Kier alpha value is -2.04. The molecule has 0 aromatic heterocycles. The van der Waals surface area contributed by atoms with E-state index in [0.29, 0.717) is 26.1 Å². The number of hydrogen-bond acceptors (Lipinski definition) is 3. The highest BCUT2D eigenvalue weighted by Gasteiger charge is 2.24. The fourth-order valence-corrected chi connectivity index (χ4v) is 2.80. The van der Waals surface area contributed by atoms with Gasteiger partial charge in [-0.3, -0.25) is 4.79 Å². The first-order chi connectivity index (χ1) is 11.7. The van der Waals surface area contributed by atoms with Gasteiger partial charge in [0.2, 0.25) is 5.91 Å². The third-order valence-electron chi connectivity index (χ3n) is 4.33. The lowest BCUT2D eigenvalue weighted by Crippen LogP contribution is -2.46. The van der Waals surface area contributed by atoms with Crippen LogP contribution in [0.15, 0.2) is 30.3 Å². The molecule has 0 aliphatic carbocycles. The summed E-state index contributed by atoms with van der Waals surface area (Å²) in [5.41, 5.74) is 1.18. The number of hydrogen-bond donors (Lipinski definition) is 1. The molecule has 1 heterocycles. The molecule has 0 saturated carbocycles. The van der Waals surface area contributed by atoms with Crippen LogP contribution in [0.5, 0.6) is 0 Å². The molecule has 0 unspecified atom stereocenters. The van der Waals surface area contributed by atoms with Crippen LogP contribution in [0.2, 0.25) is 0 Å². The molecular weight excluding hydrogens is 304 g/mol. The number of ether oxygens (including phenoxy) is 1. The highest BCUT2D eigenvalue weighted by Crippen LogP contribution is 2.12. The van der Waals surface area contributed by atoms with Gasteiger partial charge in [-0.2, -0.15) is 0 Å². The second-order valence-corrected chi connectivity index (χ2v) is 6.28. The van der Waals surface area contributed by atoms with Gasteiger partial charge in [-0.05, 0) is 31.2 Å². The number of rotatable bonds is 7. The fourth-order valence-electron chi connectivity index (χ4n) is 2.80. The van der Waals surface area contributed by atoms with Gasteiger partial charge in [-0.1, -0.05) is 43.7 Å². The molecule has 1 aliphatic heterocycles. The first-order valence-electron chi connectivity index (χ1n) is 8.94. The van der Waals surface area contributed by atoms with Crippen LogP contribution in [0.4, 0.5) is 4.79 Å². The normalized spacial score (nSPS) is 15.1. The number of benzene rings is 1. The molecule has 1 aliphatic rings. The van der Waals surface area contributed by atoms with Gasteiger partial charge in [-0.25, -0.2) is 4.79 Å². The minimum absolute atomic E-state index is 0.0859. The van der Waals surface area contributed by atoms with Crippen molar-refractivity contribution < 1.29 is 14.3 Å². The smallest absolute Gasteiger partial charge is 0.409 e. The molecule has 1 saturated heterocycles. The summed E-state index contributed by atoms with van der Waals surface area (Å²) >= 11 is 0. The zero-order valence-corrected chi connectivity index (χ0v) is 14.5. The van der Waals surface area contributed by atoms with Crippen LogP contribution < -0.4 is 5.32 Å². The predicted molar refractivity (Wildman–Crippen MR) is 93.8 cm³/mol. The number of carbonyl (C=O) groups is 2. The Bertz CT molecular complexity index is 511. The molecule has 5 nitrogen and oxygen atoms in total. The molecule has 0 radical (unpaired) electrons. The van der Waals surface area contributed by atoms with E-state index in [1.807, 2.05) is 30.3 Å². The summed E-state index contributed by atoms with van der Waals surface area (Å²) in [6.45, 7) is 3.86. The van der Waals surface area contributed by atoms with Crippen molar-refractivity contribution in [2.75, 3.05) is 19.7 Å². The SMILES string of the molecule is CCCCOC(=O)N1CCC(NC(=O)CCc2ccccc2)CC1. The summed E-state index contributed by atoms with van der Waals surface area (Å²) in [5.74, 6) is 0.0859. The van der Waals surface area contributed by atoms with Gasteiger partial charge >= 0.3 is 6.09 Å².